The van der Waals surface area contributed by atoms with Gasteiger partial charge in [0.1, 0.15) is 14.7 Å². The van der Waals surface area contributed by atoms with Gasteiger partial charge in [0.2, 0.25) is 4.87 Å². The van der Waals surface area contributed by atoms with Crippen molar-refractivity contribution < 1.29 is 60.3 Å². The van der Waals surface area contributed by atoms with Crippen LogP contribution in [0.3, 0.4) is 0 Å². The maximum atomic E-state index is 12.2. The molecule has 380 valence electrons. The van der Waals surface area contributed by atoms with Crippen LogP contribution >= 0.6 is 59.6 Å². The predicted octanol–water partition coefficient (Wildman–Crippen LogP) is 9.25. The predicted molar refractivity (Wildman–Crippen MR) is 293 cm³/mol. The number of anilines is 1. The summed E-state index contributed by atoms with van der Waals surface area (Å²) in [5, 5.41) is 9.65. The fourth-order valence-electron chi connectivity index (χ4n) is 6.72. The molecule has 0 aliphatic heterocycles. The smallest absolute Gasteiger partial charge is 0.299 e. The van der Waals surface area contributed by atoms with Crippen molar-refractivity contribution in [2.45, 2.75) is 30.0 Å². The largest absolute Gasteiger partial charge is 0.377 e. The topological polar surface area (TPSA) is 304 Å². The van der Waals surface area contributed by atoms with E-state index in [-0.39, 0.29) is 33.0 Å². The standard InChI is InChI=1S/C16H10N2O6S4.C16H12N2O6S4.C12H12ClNO2S/c19-27(20,21)15-7-13(17-9-25)5-3-11(15)1-2-12-4-6-14(18-10-26)8-16(12)28(22,23)24;19-27(20,21)14-6-2-1-5-13(14)7-10-15(17-11-25)8-3-4-9-16(15,18-12-26)28(22,23)24;1-14(2)11-7-3-6-10-9(11)5-4-8-12(10)17(13,15)16/h1-8H,(H,19,20,21)(H,22,23,24);1-10H,(H,19,20,21)(H,22,23,24);3-8H,1-2H3. The molecule has 0 saturated carbocycles. The third-order valence-corrected chi connectivity index (χ3v) is 15.7. The molecular formula is C44H34ClN5O14S9. The van der Waals surface area contributed by atoms with Crippen LogP contribution < -0.4 is 4.90 Å². The summed E-state index contributed by atoms with van der Waals surface area (Å²) < 4.78 is 155. The second-order valence-electron chi connectivity index (χ2n) is 14.6. The van der Waals surface area contributed by atoms with Crippen LogP contribution in [0.1, 0.15) is 16.7 Å². The van der Waals surface area contributed by atoms with E-state index in [1.54, 1.807) is 12.1 Å². The van der Waals surface area contributed by atoms with E-state index in [0.717, 1.165) is 41.4 Å². The molecule has 29 heteroatoms. The van der Waals surface area contributed by atoms with E-state index in [0.29, 0.717) is 5.39 Å². The summed E-state index contributed by atoms with van der Waals surface area (Å²) in [6.07, 6.45) is 9.89. The third-order valence-electron chi connectivity index (χ3n) is 9.85. The Morgan fingerprint density at radius 2 is 1.00 bits per heavy atom. The minimum atomic E-state index is -4.96. The van der Waals surface area contributed by atoms with Crippen molar-refractivity contribution in [2.75, 3.05) is 19.0 Å². The molecule has 6 rings (SSSR count). The molecule has 73 heavy (non-hydrogen) atoms. The lowest BCUT2D eigenvalue weighted by molar-refractivity contribution is 0.411. The van der Waals surface area contributed by atoms with E-state index in [4.69, 9.17) is 10.7 Å². The highest BCUT2D eigenvalue weighted by molar-refractivity contribution is 8.14. The zero-order chi connectivity index (χ0) is 54.6. The molecule has 2 atom stereocenters. The lowest BCUT2D eigenvalue weighted by atomic mass is 9.85. The van der Waals surface area contributed by atoms with Crippen molar-refractivity contribution in [1.82, 2.24) is 0 Å². The number of halogens is 1. The molecule has 0 bridgehead atoms. The molecule has 2 unspecified atom stereocenters. The molecule has 5 aromatic carbocycles. The van der Waals surface area contributed by atoms with Gasteiger partial charge in [-0.2, -0.15) is 48.6 Å². The van der Waals surface area contributed by atoms with E-state index >= 15 is 0 Å². The van der Waals surface area contributed by atoms with Gasteiger partial charge in [0.05, 0.1) is 36.9 Å². The molecule has 0 saturated heterocycles. The number of thiocarbonyl (C=S) groups is 4. The van der Waals surface area contributed by atoms with Gasteiger partial charge < -0.3 is 4.90 Å². The van der Waals surface area contributed by atoms with Gasteiger partial charge >= 0.3 is 0 Å². The van der Waals surface area contributed by atoms with Crippen molar-refractivity contribution in [2.24, 2.45) is 20.0 Å². The highest BCUT2D eigenvalue weighted by atomic mass is 35.7. The molecule has 0 spiro atoms. The van der Waals surface area contributed by atoms with Gasteiger partial charge in [-0.1, -0.05) is 85.0 Å². The first kappa shape index (κ1) is 59.8. The molecule has 0 fully saturated rings. The number of fused-ring (bicyclic) bond motifs is 1. The number of isothiocyanates is 4. The molecule has 4 N–H and O–H groups in total. The fourth-order valence-corrected chi connectivity index (χ4v) is 11.5. The van der Waals surface area contributed by atoms with E-state index < -0.39 is 74.6 Å². The maximum absolute atomic E-state index is 12.2. The first-order valence-electron chi connectivity index (χ1n) is 19.5. The van der Waals surface area contributed by atoms with Crippen molar-refractivity contribution in [1.29, 1.82) is 0 Å². The van der Waals surface area contributed by atoms with Gasteiger partial charge in [-0.3, -0.25) is 18.2 Å². The summed E-state index contributed by atoms with van der Waals surface area (Å²) in [6.45, 7) is 0. The van der Waals surface area contributed by atoms with Gasteiger partial charge in [0, 0.05) is 41.2 Å². The number of allylic oxidation sites excluding steroid dienone is 2. The first-order valence-corrected chi connectivity index (χ1v) is 29.2. The van der Waals surface area contributed by atoms with Crippen LogP contribution in [0.15, 0.2) is 167 Å². The second-order valence-corrected chi connectivity index (χ2v) is 23.6. The van der Waals surface area contributed by atoms with Crippen LogP contribution in [-0.2, 0) is 49.5 Å². The minimum absolute atomic E-state index is 0.0301. The fraction of sp³-hybridized carbons (Fsp3) is 0.0909. The molecule has 19 nitrogen and oxygen atoms in total. The van der Waals surface area contributed by atoms with Gasteiger partial charge in [0.15, 0.2) is 5.54 Å². The minimum Gasteiger partial charge on any atom is -0.377 e. The summed E-state index contributed by atoms with van der Waals surface area (Å²) in [5.41, 5.74) is -0.551. The third kappa shape index (κ3) is 14.9. The average Bonchev–Trinajstić information content (AvgIpc) is 3.30. The van der Waals surface area contributed by atoms with Crippen LogP contribution in [0.4, 0.5) is 17.1 Å². The van der Waals surface area contributed by atoms with E-state index in [1.165, 1.54) is 85.0 Å². The van der Waals surface area contributed by atoms with Crippen molar-refractivity contribution in [3.05, 3.63) is 144 Å². The van der Waals surface area contributed by atoms with Gasteiger partial charge in [-0.25, -0.2) is 13.4 Å². The van der Waals surface area contributed by atoms with Crippen LogP contribution in [-0.4, -0.2) is 105 Å². The summed E-state index contributed by atoms with van der Waals surface area (Å²) in [4.78, 5) is 13.1. The second kappa shape index (κ2) is 24.5. The lowest BCUT2D eigenvalue weighted by Gasteiger charge is -2.37. The van der Waals surface area contributed by atoms with Crippen LogP contribution in [0.25, 0.3) is 29.0 Å². The Labute approximate surface area is 445 Å². The molecule has 5 aromatic rings. The maximum Gasteiger partial charge on any atom is 0.299 e. The quantitative estimate of drug-likeness (QED) is 0.0265. The summed E-state index contributed by atoms with van der Waals surface area (Å²) in [7, 11) is -13.2. The number of hydrogen-bond acceptors (Lipinski definition) is 19. The number of benzene rings is 5. The first-order chi connectivity index (χ1) is 34.0. The van der Waals surface area contributed by atoms with Crippen LogP contribution in [0, 0.1) is 0 Å². The lowest BCUT2D eigenvalue weighted by Crippen LogP contribution is -2.54. The highest BCUT2D eigenvalue weighted by Crippen LogP contribution is 2.42. The molecular weight excluding hydrogens is 1150 g/mol. The summed E-state index contributed by atoms with van der Waals surface area (Å²) >= 11 is 18.1. The van der Waals surface area contributed by atoms with Crippen LogP contribution in [0.2, 0.25) is 0 Å². The van der Waals surface area contributed by atoms with Crippen LogP contribution in [0.5, 0.6) is 0 Å². The zero-order valence-electron chi connectivity index (χ0n) is 37.0. The Hall–Kier alpha value is -5.80. The molecule has 0 aromatic heterocycles. The number of nitrogens with zero attached hydrogens (tertiary/aromatic N) is 5. The molecule has 1 aliphatic rings. The number of rotatable bonds is 14. The zero-order valence-corrected chi connectivity index (χ0v) is 45.1. The number of hydrogen-bond donors (Lipinski definition) is 4. The summed E-state index contributed by atoms with van der Waals surface area (Å²) in [6, 6.07) is 23.7. The van der Waals surface area contributed by atoms with Crippen molar-refractivity contribution in [3.63, 3.8) is 0 Å². The normalized spacial score (nSPS) is 16.6. The molecule has 0 radical (unpaired) electrons. The monoisotopic (exact) mass is 1180 g/mol. The Kier molecular flexibility index (Phi) is 20.0. The average molecular weight is 1180 g/mol. The highest BCUT2D eigenvalue weighted by Gasteiger charge is 2.58. The van der Waals surface area contributed by atoms with Gasteiger partial charge in [-0.05, 0) is 126 Å². The molecule has 1 aliphatic carbocycles. The summed E-state index contributed by atoms with van der Waals surface area (Å²) in [5.74, 6) is 0. The van der Waals surface area contributed by atoms with Crippen molar-refractivity contribution in [3.8, 4) is 0 Å². The molecule has 0 amide bonds. The number of aliphatic imine (C=N–C) groups is 4. The Morgan fingerprint density at radius 1 is 0.534 bits per heavy atom. The molecule has 0 heterocycles. The van der Waals surface area contributed by atoms with Crippen molar-refractivity contribution >= 4 is 176 Å². The Bertz CT molecular complexity index is 3820. The van der Waals surface area contributed by atoms with Gasteiger partial charge in [-0.15, -0.1) is 0 Å². The Balaban J connectivity index is 0.000000245. The van der Waals surface area contributed by atoms with E-state index in [2.05, 4.69) is 84.3 Å². The van der Waals surface area contributed by atoms with E-state index in [9.17, 15) is 60.3 Å². The Morgan fingerprint density at radius 3 is 1.47 bits per heavy atom. The SMILES string of the molecule is CN(C)c1cccc2c(S(=O)(=O)Cl)cccc12.O=S(=O)(O)c1cc(N=C=S)ccc1C=Cc1ccc(N=C=S)cc1S(=O)(=O)O.O=S(=O)(O)c1ccccc1C=CC1(N=C=S)C=CC=CC1(N=C=S)S(=O)(=O)O. The van der Waals surface area contributed by atoms with E-state index in [1.807, 2.05) is 42.4 Å². The van der Waals surface area contributed by atoms with Gasteiger partial charge in [0.25, 0.3) is 49.5 Å².